The predicted octanol–water partition coefficient (Wildman–Crippen LogP) is 2.94. The van der Waals surface area contributed by atoms with Crippen molar-refractivity contribution >= 4 is 10.0 Å². The highest BCUT2D eigenvalue weighted by Crippen LogP contribution is 2.28. The average Bonchev–Trinajstić information content (AvgIpc) is 2.47. The lowest BCUT2D eigenvalue weighted by molar-refractivity contribution is 0.282. The number of nitriles is 1. The minimum atomic E-state index is -3.72. The van der Waals surface area contributed by atoms with Gasteiger partial charge in [0.2, 0.25) is 10.0 Å². The zero-order valence-electron chi connectivity index (χ0n) is 12.0. The molecule has 0 radical (unpaired) electrons. The standard InChI is InChI=1S/C15H19FN2O2S/c1-2-11-5-3-4-6-15(11)18-21(19,20)13-7-8-14(16)12(9-13)10-17/h7-9,11,15,18H,2-6H2,1H3. The van der Waals surface area contributed by atoms with Gasteiger partial charge < -0.3 is 0 Å². The van der Waals surface area contributed by atoms with Crippen LogP contribution >= 0.6 is 0 Å². The first-order valence-electron chi connectivity index (χ1n) is 7.20. The molecule has 1 saturated carbocycles. The van der Waals surface area contributed by atoms with E-state index >= 15 is 0 Å². The van der Waals surface area contributed by atoms with Gasteiger partial charge in [0.15, 0.2) is 0 Å². The number of halogens is 1. The highest BCUT2D eigenvalue weighted by molar-refractivity contribution is 7.89. The summed E-state index contributed by atoms with van der Waals surface area (Å²) in [6.07, 6.45) is 4.92. The summed E-state index contributed by atoms with van der Waals surface area (Å²) in [7, 11) is -3.72. The first-order valence-corrected chi connectivity index (χ1v) is 8.68. The molecule has 0 saturated heterocycles. The molecule has 6 heteroatoms. The third kappa shape index (κ3) is 3.60. The molecule has 1 aromatic carbocycles. The van der Waals surface area contributed by atoms with Gasteiger partial charge in [-0.15, -0.1) is 0 Å². The number of hydrogen-bond acceptors (Lipinski definition) is 3. The highest BCUT2D eigenvalue weighted by atomic mass is 32.2. The highest BCUT2D eigenvalue weighted by Gasteiger charge is 2.28. The molecule has 0 heterocycles. The maximum atomic E-state index is 13.3. The summed E-state index contributed by atoms with van der Waals surface area (Å²) in [5.74, 6) is -0.370. The number of rotatable bonds is 4. The van der Waals surface area contributed by atoms with Crippen molar-refractivity contribution in [2.24, 2.45) is 5.92 Å². The Balaban J connectivity index is 2.24. The van der Waals surface area contributed by atoms with E-state index in [4.69, 9.17) is 5.26 Å². The molecule has 114 valence electrons. The van der Waals surface area contributed by atoms with Crippen LogP contribution in [0.5, 0.6) is 0 Å². The SMILES string of the molecule is CCC1CCCCC1NS(=O)(=O)c1ccc(F)c(C#N)c1. The first kappa shape index (κ1) is 15.9. The van der Waals surface area contributed by atoms with Crippen LogP contribution < -0.4 is 4.72 Å². The number of nitrogens with zero attached hydrogens (tertiary/aromatic N) is 1. The van der Waals surface area contributed by atoms with E-state index in [1.165, 1.54) is 6.07 Å². The summed E-state index contributed by atoms with van der Waals surface area (Å²) < 4.78 is 40.8. The molecule has 1 fully saturated rings. The van der Waals surface area contributed by atoms with E-state index in [1.807, 2.05) is 0 Å². The molecule has 0 aliphatic heterocycles. The Labute approximate surface area is 125 Å². The van der Waals surface area contributed by atoms with Crippen molar-refractivity contribution in [2.45, 2.75) is 50.0 Å². The van der Waals surface area contributed by atoms with Crippen LogP contribution in [-0.4, -0.2) is 14.5 Å². The molecule has 0 bridgehead atoms. The van der Waals surface area contributed by atoms with Crippen LogP contribution in [0, 0.1) is 23.1 Å². The average molecular weight is 310 g/mol. The molecule has 1 aliphatic carbocycles. The summed E-state index contributed by atoms with van der Waals surface area (Å²) >= 11 is 0. The van der Waals surface area contributed by atoms with E-state index in [1.54, 1.807) is 6.07 Å². The number of sulfonamides is 1. The fraction of sp³-hybridized carbons (Fsp3) is 0.533. The molecule has 1 aliphatic rings. The summed E-state index contributed by atoms with van der Waals surface area (Å²) in [6.45, 7) is 2.06. The van der Waals surface area contributed by atoms with E-state index in [9.17, 15) is 12.8 Å². The second-order valence-corrected chi connectivity index (χ2v) is 7.15. The maximum Gasteiger partial charge on any atom is 0.240 e. The molecule has 2 unspecified atom stereocenters. The molecule has 0 aromatic heterocycles. The molecule has 4 nitrogen and oxygen atoms in total. The zero-order valence-corrected chi connectivity index (χ0v) is 12.8. The Morgan fingerprint density at radius 3 is 2.76 bits per heavy atom. The van der Waals surface area contributed by atoms with E-state index in [-0.39, 0.29) is 16.5 Å². The van der Waals surface area contributed by atoms with Crippen LogP contribution in [-0.2, 0) is 10.0 Å². The fourth-order valence-corrected chi connectivity index (χ4v) is 4.24. The monoisotopic (exact) mass is 310 g/mol. The van der Waals surface area contributed by atoms with Gasteiger partial charge in [-0.2, -0.15) is 5.26 Å². The van der Waals surface area contributed by atoms with Crippen LogP contribution in [0.2, 0.25) is 0 Å². The lowest BCUT2D eigenvalue weighted by atomic mass is 9.83. The lowest BCUT2D eigenvalue weighted by Crippen LogP contribution is -2.41. The molecule has 2 atom stereocenters. The maximum absolute atomic E-state index is 13.3. The summed E-state index contributed by atoms with van der Waals surface area (Å²) in [5.41, 5.74) is -0.256. The second kappa shape index (κ2) is 6.54. The van der Waals surface area contributed by atoms with Crippen LogP contribution in [0.1, 0.15) is 44.6 Å². The van der Waals surface area contributed by atoms with Gasteiger partial charge in [-0.25, -0.2) is 17.5 Å². The molecule has 0 amide bonds. The minimum Gasteiger partial charge on any atom is -0.208 e. The molecule has 1 aromatic rings. The van der Waals surface area contributed by atoms with Gasteiger partial charge in [0.1, 0.15) is 11.9 Å². The van der Waals surface area contributed by atoms with Crippen LogP contribution in [0.4, 0.5) is 4.39 Å². The van der Waals surface area contributed by atoms with Crippen LogP contribution in [0.25, 0.3) is 0 Å². The fourth-order valence-electron chi connectivity index (χ4n) is 2.88. The van der Waals surface area contributed by atoms with E-state index in [0.717, 1.165) is 44.2 Å². The number of benzene rings is 1. The van der Waals surface area contributed by atoms with Gasteiger partial charge in [0.25, 0.3) is 0 Å². The smallest absolute Gasteiger partial charge is 0.208 e. The molecule has 0 spiro atoms. The quantitative estimate of drug-likeness (QED) is 0.929. The Hall–Kier alpha value is -1.45. The van der Waals surface area contributed by atoms with Crippen molar-refractivity contribution in [3.8, 4) is 6.07 Å². The Bertz CT molecular complexity index is 652. The second-order valence-electron chi connectivity index (χ2n) is 5.43. The van der Waals surface area contributed by atoms with Crippen molar-refractivity contribution in [3.05, 3.63) is 29.6 Å². The molecule has 2 rings (SSSR count). The van der Waals surface area contributed by atoms with Gasteiger partial charge in [0, 0.05) is 6.04 Å². The zero-order chi connectivity index (χ0) is 15.5. The third-order valence-electron chi connectivity index (χ3n) is 4.11. The van der Waals surface area contributed by atoms with Gasteiger partial charge in [-0.05, 0) is 37.0 Å². The minimum absolute atomic E-state index is 0.0547. The Morgan fingerprint density at radius 2 is 2.10 bits per heavy atom. The first-order chi connectivity index (χ1) is 9.97. The molecule has 1 N–H and O–H groups in total. The molecular formula is C15H19FN2O2S. The molecule has 21 heavy (non-hydrogen) atoms. The summed E-state index contributed by atoms with van der Waals surface area (Å²) in [5, 5.41) is 8.80. The van der Waals surface area contributed by atoms with E-state index in [2.05, 4.69) is 11.6 Å². The largest absolute Gasteiger partial charge is 0.240 e. The van der Waals surface area contributed by atoms with E-state index in [0.29, 0.717) is 5.92 Å². The molecular weight excluding hydrogens is 291 g/mol. The topological polar surface area (TPSA) is 70.0 Å². The van der Waals surface area contributed by atoms with Crippen molar-refractivity contribution in [1.82, 2.24) is 4.72 Å². The summed E-state index contributed by atoms with van der Waals surface area (Å²) in [6, 6.07) is 4.89. The number of nitrogens with one attached hydrogen (secondary N) is 1. The van der Waals surface area contributed by atoms with Crippen molar-refractivity contribution in [3.63, 3.8) is 0 Å². The van der Waals surface area contributed by atoms with Crippen LogP contribution in [0.3, 0.4) is 0 Å². The normalized spacial score (nSPS) is 22.7. The Kier molecular flexibility index (Phi) is 4.96. The third-order valence-corrected chi connectivity index (χ3v) is 5.60. The number of hydrogen-bond donors (Lipinski definition) is 1. The van der Waals surface area contributed by atoms with Crippen molar-refractivity contribution < 1.29 is 12.8 Å². The van der Waals surface area contributed by atoms with Crippen molar-refractivity contribution in [2.75, 3.05) is 0 Å². The van der Waals surface area contributed by atoms with Gasteiger partial charge in [-0.3, -0.25) is 0 Å². The van der Waals surface area contributed by atoms with Gasteiger partial charge in [-0.1, -0.05) is 26.2 Å². The van der Waals surface area contributed by atoms with Gasteiger partial charge in [0.05, 0.1) is 10.5 Å². The van der Waals surface area contributed by atoms with Crippen LogP contribution in [0.15, 0.2) is 23.1 Å². The van der Waals surface area contributed by atoms with Crippen molar-refractivity contribution in [1.29, 1.82) is 5.26 Å². The Morgan fingerprint density at radius 1 is 1.38 bits per heavy atom. The predicted molar refractivity (Wildman–Crippen MR) is 77.5 cm³/mol. The summed E-state index contributed by atoms with van der Waals surface area (Å²) in [4.78, 5) is -0.0547. The lowest BCUT2D eigenvalue weighted by Gasteiger charge is -2.31. The van der Waals surface area contributed by atoms with Gasteiger partial charge >= 0.3 is 0 Å². The van der Waals surface area contributed by atoms with E-state index < -0.39 is 15.8 Å².